The van der Waals surface area contributed by atoms with Crippen LogP contribution in [0.15, 0.2) is 54.6 Å². The van der Waals surface area contributed by atoms with Crippen molar-refractivity contribution in [1.29, 1.82) is 0 Å². The van der Waals surface area contributed by atoms with Crippen LogP contribution in [0.3, 0.4) is 0 Å². The zero-order valence-corrected chi connectivity index (χ0v) is 21.0. The Hall–Kier alpha value is -2.81. The standard InChI is InChI=1S/C26H28FN3O2S2/c1-3-32-25(31)23-22(20-7-5-4-6-8-20)18(2)34-24(23)28-26(33)30-15-13-29(14-16-30)17-19-9-11-21(27)12-10-19/h4-12H,3,13-17H2,1-2H3,(H,28,33). The number of rotatable bonds is 6. The van der Waals surface area contributed by atoms with Gasteiger partial charge in [0.15, 0.2) is 5.11 Å². The number of benzene rings is 2. The number of anilines is 1. The number of hydrogen-bond acceptors (Lipinski definition) is 5. The lowest BCUT2D eigenvalue weighted by Gasteiger charge is -2.36. The predicted octanol–water partition coefficient (Wildman–Crippen LogP) is 5.55. The lowest BCUT2D eigenvalue weighted by molar-refractivity contribution is 0.0529. The quantitative estimate of drug-likeness (QED) is 0.356. The first-order valence-corrected chi connectivity index (χ1v) is 12.6. The third kappa shape index (κ3) is 5.63. The fraction of sp³-hybridized carbons (Fsp3) is 0.308. The maximum absolute atomic E-state index is 13.2. The molecule has 8 heteroatoms. The molecule has 34 heavy (non-hydrogen) atoms. The van der Waals surface area contributed by atoms with Crippen molar-refractivity contribution in [3.05, 3.63) is 76.4 Å². The van der Waals surface area contributed by atoms with E-state index in [0.717, 1.165) is 54.3 Å². The van der Waals surface area contributed by atoms with E-state index in [2.05, 4.69) is 15.1 Å². The second-order valence-electron chi connectivity index (χ2n) is 8.14. The highest BCUT2D eigenvalue weighted by atomic mass is 32.1. The normalized spacial score (nSPS) is 14.1. The van der Waals surface area contributed by atoms with Crippen molar-refractivity contribution in [3.63, 3.8) is 0 Å². The molecule has 1 aliphatic heterocycles. The van der Waals surface area contributed by atoms with Gasteiger partial charge in [0.05, 0.1) is 6.61 Å². The summed E-state index contributed by atoms with van der Waals surface area (Å²) >= 11 is 7.25. The molecule has 0 unspecified atom stereocenters. The summed E-state index contributed by atoms with van der Waals surface area (Å²) in [5, 5.41) is 4.66. The highest BCUT2D eigenvalue weighted by Gasteiger charge is 2.26. The van der Waals surface area contributed by atoms with Crippen LogP contribution in [0, 0.1) is 12.7 Å². The Balaban J connectivity index is 1.45. The van der Waals surface area contributed by atoms with Crippen molar-refractivity contribution in [2.75, 3.05) is 38.1 Å². The lowest BCUT2D eigenvalue weighted by atomic mass is 10.0. The van der Waals surface area contributed by atoms with Crippen molar-refractivity contribution in [2.24, 2.45) is 0 Å². The third-order valence-electron chi connectivity index (χ3n) is 5.83. The molecule has 1 fully saturated rings. The average molecular weight is 498 g/mol. The van der Waals surface area contributed by atoms with E-state index in [9.17, 15) is 9.18 Å². The monoisotopic (exact) mass is 497 g/mol. The van der Waals surface area contributed by atoms with Crippen LogP contribution in [0.2, 0.25) is 0 Å². The Morgan fingerprint density at radius 3 is 2.41 bits per heavy atom. The molecule has 1 aromatic heterocycles. The van der Waals surface area contributed by atoms with E-state index < -0.39 is 0 Å². The molecule has 3 aromatic rings. The molecule has 1 saturated heterocycles. The second-order valence-corrected chi connectivity index (χ2v) is 9.76. The molecular weight excluding hydrogens is 469 g/mol. The number of thiophene rings is 1. The SMILES string of the molecule is CCOC(=O)c1c(NC(=S)N2CCN(Cc3ccc(F)cc3)CC2)sc(C)c1-c1ccccc1. The molecule has 0 aliphatic carbocycles. The predicted molar refractivity (Wildman–Crippen MR) is 140 cm³/mol. The van der Waals surface area contributed by atoms with E-state index in [4.69, 9.17) is 17.0 Å². The minimum Gasteiger partial charge on any atom is -0.462 e. The highest BCUT2D eigenvalue weighted by molar-refractivity contribution is 7.80. The van der Waals surface area contributed by atoms with Gasteiger partial charge in [0.25, 0.3) is 0 Å². The van der Waals surface area contributed by atoms with Gasteiger partial charge in [-0.3, -0.25) is 4.90 Å². The number of aryl methyl sites for hydroxylation is 1. The first-order chi connectivity index (χ1) is 16.5. The maximum atomic E-state index is 13.2. The van der Waals surface area contributed by atoms with Gasteiger partial charge in [0, 0.05) is 43.2 Å². The van der Waals surface area contributed by atoms with E-state index in [1.54, 1.807) is 0 Å². The van der Waals surface area contributed by atoms with Gasteiger partial charge in [-0.2, -0.15) is 0 Å². The summed E-state index contributed by atoms with van der Waals surface area (Å²) in [7, 11) is 0. The minimum atomic E-state index is -0.347. The van der Waals surface area contributed by atoms with E-state index in [1.807, 2.05) is 56.3 Å². The number of nitrogens with one attached hydrogen (secondary N) is 1. The van der Waals surface area contributed by atoms with Crippen LogP contribution < -0.4 is 5.32 Å². The molecule has 0 radical (unpaired) electrons. The molecule has 0 amide bonds. The highest BCUT2D eigenvalue weighted by Crippen LogP contribution is 2.40. The number of piperazine rings is 1. The van der Waals surface area contributed by atoms with Crippen molar-refractivity contribution < 1.29 is 13.9 Å². The molecular formula is C26H28FN3O2S2. The van der Waals surface area contributed by atoms with Crippen LogP contribution in [0.4, 0.5) is 9.39 Å². The van der Waals surface area contributed by atoms with Gasteiger partial charge in [-0.15, -0.1) is 11.3 Å². The van der Waals surface area contributed by atoms with Crippen LogP contribution >= 0.6 is 23.6 Å². The summed E-state index contributed by atoms with van der Waals surface area (Å²) in [6.07, 6.45) is 0. The fourth-order valence-electron chi connectivity index (χ4n) is 4.12. The molecule has 1 N–H and O–H groups in total. The topological polar surface area (TPSA) is 44.8 Å². The van der Waals surface area contributed by atoms with E-state index in [1.165, 1.54) is 23.5 Å². The number of nitrogens with zero attached hydrogens (tertiary/aromatic N) is 2. The van der Waals surface area contributed by atoms with Crippen molar-refractivity contribution in [1.82, 2.24) is 9.80 Å². The van der Waals surface area contributed by atoms with Crippen LogP contribution in [0.5, 0.6) is 0 Å². The van der Waals surface area contributed by atoms with Crippen molar-refractivity contribution in [3.8, 4) is 11.1 Å². The number of ether oxygens (including phenoxy) is 1. The van der Waals surface area contributed by atoms with Crippen molar-refractivity contribution >= 4 is 39.6 Å². The molecule has 2 aromatic carbocycles. The van der Waals surface area contributed by atoms with Crippen LogP contribution in [-0.4, -0.2) is 53.7 Å². The zero-order chi connectivity index (χ0) is 24.1. The smallest absolute Gasteiger partial charge is 0.341 e. The van der Waals surface area contributed by atoms with Crippen molar-refractivity contribution in [2.45, 2.75) is 20.4 Å². The number of carbonyl (C=O) groups excluding carboxylic acids is 1. The Bertz CT molecular complexity index is 1140. The number of hydrogen-bond donors (Lipinski definition) is 1. The molecule has 0 saturated carbocycles. The fourth-order valence-corrected chi connectivity index (χ4v) is 5.53. The van der Waals surface area contributed by atoms with Gasteiger partial charge in [-0.05, 0) is 49.3 Å². The Morgan fingerprint density at radius 2 is 1.76 bits per heavy atom. The molecule has 1 aliphatic rings. The van der Waals surface area contributed by atoms with Crippen LogP contribution in [0.1, 0.15) is 27.7 Å². The molecule has 0 bridgehead atoms. The molecule has 0 atom stereocenters. The largest absolute Gasteiger partial charge is 0.462 e. The third-order valence-corrected chi connectivity index (χ3v) is 7.21. The summed E-state index contributed by atoms with van der Waals surface area (Å²) in [6.45, 7) is 8.16. The molecule has 4 rings (SSSR count). The van der Waals surface area contributed by atoms with E-state index >= 15 is 0 Å². The average Bonchev–Trinajstić information content (AvgIpc) is 3.17. The summed E-state index contributed by atoms with van der Waals surface area (Å²) in [6, 6.07) is 16.5. The molecule has 2 heterocycles. The Labute approximate surface area is 209 Å². The van der Waals surface area contributed by atoms with Crippen LogP contribution in [-0.2, 0) is 11.3 Å². The van der Waals surface area contributed by atoms with E-state index in [0.29, 0.717) is 22.3 Å². The van der Waals surface area contributed by atoms with E-state index in [-0.39, 0.29) is 11.8 Å². The molecule has 5 nitrogen and oxygen atoms in total. The Kier molecular flexibility index (Phi) is 7.92. The van der Waals surface area contributed by atoms with Crippen LogP contribution in [0.25, 0.3) is 11.1 Å². The minimum absolute atomic E-state index is 0.216. The van der Waals surface area contributed by atoms with Gasteiger partial charge in [0.1, 0.15) is 16.4 Å². The van der Waals surface area contributed by atoms with Gasteiger partial charge >= 0.3 is 5.97 Å². The summed E-state index contributed by atoms with van der Waals surface area (Å²) < 4.78 is 18.5. The molecule has 178 valence electrons. The zero-order valence-electron chi connectivity index (χ0n) is 19.3. The summed E-state index contributed by atoms with van der Waals surface area (Å²) in [4.78, 5) is 18.4. The number of thiocarbonyl (C=S) groups is 1. The summed E-state index contributed by atoms with van der Waals surface area (Å²) in [5.41, 5.74) is 3.50. The van der Waals surface area contributed by atoms with Gasteiger partial charge in [-0.25, -0.2) is 9.18 Å². The maximum Gasteiger partial charge on any atom is 0.341 e. The Morgan fingerprint density at radius 1 is 1.09 bits per heavy atom. The number of carbonyl (C=O) groups is 1. The number of esters is 1. The summed E-state index contributed by atoms with van der Waals surface area (Å²) in [5.74, 6) is -0.563. The lowest BCUT2D eigenvalue weighted by Crippen LogP contribution is -2.49. The number of halogens is 1. The first kappa shape index (κ1) is 24.3. The second kappa shape index (κ2) is 11.1. The van der Waals surface area contributed by atoms with Gasteiger partial charge < -0.3 is 15.0 Å². The first-order valence-electron chi connectivity index (χ1n) is 11.3. The molecule has 0 spiro atoms. The van der Waals surface area contributed by atoms with Gasteiger partial charge in [0.2, 0.25) is 0 Å². The van der Waals surface area contributed by atoms with Gasteiger partial charge in [-0.1, -0.05) is 42.5 Å².